The van der Waals surface area contributed by atoms with Gasteiger partial charge in [0, 0.05) is 6.42 Å². The summed E-state index contributed by atoms with van der Waals surface area (Å²) in [5.41, 5.74) is 1.12. The summed E-state index contributed by atoms with van der Waals surface area (Å²) >= 11 is 0. The topological polar surface area (TPSA) is 52.6 Å². The fourth-order valence-corrected chi connectivity index (χ4v) is 2.57. The summed E-state index contributed by atoms with van der Waals surface area (Å²) in [7, 11) is 0. The minimum atomic E-state index is -0.453. The van der Waals surface area contributed by atoms with E-state index in [1.807, 2.05) is 6.92 Å². The van der Waals surface area contributed by atoms with Crippen LogP contribution in [0.25, 0.3) is 0 Å². The molecule has 2 rings (SSSR count). The Morgan fingerprint density at radius 3 is 2.72 bits per heavy atom. The van der Waals surface area contributed by atoms with Gasteiger partial charge in [0.05, 0.1) is 19.1 Å². The van der Waals surface area contributed by atoms with E-state index in [0.29, 0.717) is 19.6 Å². The SMILES string of the molecule is CCC1(CCC2=CC(=O)C(C=O)CC2)OCCO1. The molecule has 0 amide bonds. The van der Waals surface area contributed by atoms with Gasteiger partial charge in [0.15, 0.2) is 11.6 Å². The molecule has 0 aromatic rings. The predicted octanol–water partition coefficient (Wildman–Crippen LogP) is 2.02. The summed E-state index contributed by atoms with van der Waals surface area (Å²) in [6.45, 7) is 3.35. The number of allylic oxidation sites excluding steroid dienone is 2. The summed E-state index contributed by atoms with van der Waals surface area (Å²) in [5, 5.41) is 0. The quantitative estimate of drug-likeness (QED) is 0.555. The Hall–Kier alpha value is -1.00. The minimum Gasteiger partial charge on any atom is -0.348 e. The Morgan fingerprint density at radius 2 is 2.17 bits per heavy atom. The summed E-state index contributed by atoms with van der Waals surface area (Å²) in [6.07, 6.45) is 6.29. The summed E-state index contributed by atoms with van der Waals surface area (Å²) < 4.78 is 11.3. The number of rotatable bonds is 5. The summed E-state index contributed by atoms with van der Waals surface area (Å²) in [5.74, 6) is -0.927. The lowest BCUT2D eigenvalue weighted by Crippen LogP contribution is -2.29. The Morgan fingerprint density at radius 1 is 1.44 bits per heavy atom. The molecule has 4 nitrogen and oxygen atoms in total. The van der Waals surface area contributed by atoms with Gasteiger partial charge in [0.25, 0.3) is 0 Å². The van der Waals surface area contributed by atoms with Crippen LogP contribution >= 0.6 is 0 Å². The lowest BCUT2D eigenvalue weighted by Gasteiger charge is -2.27. The number of hydrogen-bond donors (Lipinski definition) is 0. The van der Waals surface area contributed by atoms with Crippen LogP contribution in [0.15, 0.2) is 11.6 Å². The Labute approximate surface area is 107 Å². The lowest BCUT2D eigenvalue weighted by molar-refractivity contribution is -0.163. The van der Waals surface area contributed by atoms with Crippen LogP contribution in [0.1, 0.15) is 39.0 Å². The molecule has 18 heavy (non-hydrogen) atoms. The molecule has 1 unspecified atom stereocenters. The fourth-order valence-electron chi connectivity index (χ4n) is 2.57. The molecule has 1 heterocycles. The van der Waals surface area contributed by atoms with Gasteiger partial charge >= 0.3 is 0 Å². The highest BCUT2D eigenvalue weighted by molar-refractivity contribution is 6.01. The van der Waals surface area contributed by atoms with Crippen molar-refractivity contribution in [2.24, 2.45) is 5.92 Å². The van der Waals surface area contributed by atoms with Crippen molar-refractivity contribution < 1.29 is 19.1 Å². The molecule has 4 heteroatoms. The second kappa shape index (κ2) is 5.76. The molecular weight excluding hydrogens is 232 g/mol. The maximum atomic E-state index is 11.6. The van der Waals surface area contributed by atoms with Gasteiger partial charge in [-0.3, -0.25) is 4.79 Å². The molecule has 0 aromatic heterocycles. The first-order chi connectivity index (χ1) is 8.69. The van der Waals surface area contributed by atoms with Crippen LogP contribution in [0.2, 0.25) is 0 Å². The first-order valence-corrected chi connectivity index (χ1v) is 6.65. The van der Waals surface area contributed by atoms with Crippen molar-refractivity contribution in [3.8, 4) is 0 Å². The lowest BCUT2D eigenvalue weighted by atomic mass is 9.87. The largest absolute Gasteiger partial charge is 0.348 e. The van der Waals surface area contributed by atoms with Crippen molar-refractivity contribution in [3.05, 3.63) is 11.6 Å². The van der Waals surface area contributed by atoms with Crippen molar-refractivity contribution in [1.29, 1.82) is 0 Å². The van der Waals surface area contributed by atoms with Crippen LogP contribution < -0.4 is 0 Å². The third-order valence-corrected chi connectivity index (χ3v) is 3.83. The predicted molar refractivity (Wildman–Crippen MR) is 66.0 cm³/mol. The average Bonchev–Trinajstić information content (AvgIpc) is 2.86. The molecule has 0 aromatic carbocycles. The van der Waals surface area contributed by atoms with Crippen LogP contribution in [0.3, 0.4) is 0 Å². The van der Waals surface area contributed by atoms with Gasteiger partial charge in [-0.2, -0.15) is 0 Å². The first kappa shape index (κ1) is 13.4. The second-order valence-electron chi connectivity index (χ2n) is 4.95. The fraction of sp³-hybridized carbons (Fsp3) is 0.714. The number of carbonyl (C=O) groups is 2. The van der Waals surface area contributed by atoms with Gasteiger partial charge in [0.1, 0.15) is 6.29 Å². The van der Waals surface area contributed by atoms with Gasteiger partial charge in [-0.05, 0) is 31.8 Å². The average molecular weight is 252 g/mol. The molecule has 1 saturated heterocycles. The third kappa shape index (κ3) is 2.87. The maximum absolute atomic E-state index is 11.6. The Kier molecular flexibility index (Phi) is 4.30. The van der Waals surface area contributed by atoms with Gasteiger partial charge in [0.2, 0.25) is 0 Å². The van der Waals surface area contributed by atoms with E-state index in [1.54, 1.807) is 6.08 Å². The van der Waals surface area contributed by atoms with Crippen LogP contribution in [0.5, 0.6) is 0 Å². The molecule has 1 fully saturated rings. The number of ether oxygens (including phenoxy) is 2. The minimum absolute atomic E-state index is 0.0509. The zero-order chi connectivity index (χ0) is 13.0. The van der Waals surface area contributed by atoms with E-state index >= 15 is 0 Å². The van der Waals surface area contributed by atoms with Crippen LogP contribution in [0.4, 0.5) is 0 Å². The number of hydrogen-bond acceptors (Lipinski definition) is 4. The first-order valence-electron chi connectivity index (χ1n) is 6.65. The number of ketones is 1. The molecule has 100 valence electrons. The van der Waals surface area contributed by atoms with Crippen molar-refractivity contribution >= 4 is 12.1 Å². The maximum Gasteiger partial charge on any atom is 0.168 e. The van der Waals surface area contributed by atoms with E-state index < -0.39 is 11.7 Å². The highest BCUT2D eigenvalue weighted by Gasteiger charge is 2.34. The third-order valence-electron chi connectivity index (χ3n) is 3.83. The van der Waals surface area contributed by atoms with Gasteiger partial charge in [-0.1, -0.05) is 12.5 Å². The van der Waals surface area contributed by atoms with Crippen molar-refractivity contribution in [2.45, 2.75) is 44.8 Å². The summed E-state index contributed by atoms with van der Waals surface area (Å²) in [4.78, 5) is 22.3. The molecule has 0 spiro atoms. The van der Waals surface area contributed by atoms with E-state index in [4.69, 9.17) is 9.47 Å². The molecule has 1 aliphatic carbocycles. The van der Waals surface area contributed by atoms with Crippen molar-refractivity contribution in [1.82, 2.24) is 0 Å². The van der Waals surface area contributed by atoms with E-state index in [0.717, 1.165) is 37.5 Å². The molecule has 2 aliphatic rings. The van der Waals surface area contributed by atoms with E-state index in [-0.39, 0.29) is 5.78 Å². The molecule has 0 radical (unpaired) electrons. The second-order valence-corrected chi connectivity index (χ2v) is 4.95. The monoisotopic (exact) mass is 252 g/mol. The Bertz CT molecular complexity index is 353. The van der Waals surface area contributed by atoms with E-state index in [1.165, 1.54) is 0 Å². The zero-order valence-corrected chi connectivity index (χ0v) is 10.8. The van der Waals surface area contributed by atoms with Gasteiger partial charge < -0.3 is 14.3 Å². The molecule has 1 atom stereocenters. The molecule has 1 aliphatic heterocycles. The molecular formula is C14H20O4. The smallest absolute Gasteiger partial charge is 0.168 e. The standard InChI is InChI=1S/C14H20O4/c1-2-14(17-7-8-18-14)6-5-11-3-4-12(10-15)13(16)9-11/h9-10,12H,2-8H2,1H3. The van der Waals surface area contributed by atoms with E-state index in [9.17, 15) is 9.59 Å². The highest BCUT2D eigenvalue weighted by atomic mass is 16.7. The number of aldehydes is 1. The Balaban J connectivity index is 1.91. The molecule has 0 saturated carbocycles. The van der Waals surface area contributed by atoms with Crippen LogP contribution in [-0.4, -0.2) is 31.1 Å². The normalized spacial score (nSPS) is 27.1. The van der Waals surface area contributed by atoms with Crippen molar-refractivity contribution in [2.75, 3.05) is 13.2 Å². The van der Waals surface area contributed by atoms with Crippen molar-refractivity contribution in [3.63, 3.8) is 0 Å². The van der Waals surface area contributed by atoms with E-state index in [2.05, 4.69) is 0 Å². The highest BCUT2D eigenvalue weighted by Crippen LogP contribution is 2.32. The van der Waals surface area contributed by atoms with Gasteiger partial charge in [-0.25, -0.2) is 0 Å². The molecule has 0 bridgehead atoms. The summed E-state index contributed by atoms with van der Waals surface area (Å²) in [6, 6.07) is 0. The van der Waals surface area contributed by atoms with Crippen LogP contribution in [0, 0.1) is 5.92 Å². The zero-order valence-electron chi connectivity index (χ0n) is 10.8. The van der Waals surface area contributed by atoms with Gasteiger partial charge in [-0.15, -0.1) is 0 Å². The molecule has 0 N–H and O–H groups in total. The number of carbonyl (C=O) groups excluding carboxylic acids is 2. The van der Waals surface area contributed by atoms with Crippen LogP contribution in [-0.2, 0) is 19.1 Å².